The van der Waals surface area contributed by atoms with Crippen LogP contribution in [0.1, 0.15) is 54.8 Å². The van der Waals surface area contributed by atoms with Crippen LogP contribution in [0, 0.1) is 0 Å². The fourth-order valence-electron chi connectivity index (χ4n) is 3.45. The highest BCUT2D eigenvalue weighted by Gasteiger charge is 2.29. The molecule has 26 heavy (non-hydrogen) atoms. The summed E-state index contributed by atoms with van der Waals surface area (Å²) in [7, 11) is 0. The molecule has 1 saturated heterocycles. The zero-order chi connectivity index (χ0) is 18.2. The maximum atomic E-state index is 12.5. The van der Waals surface area contributed by atoms with E-state index in [1.54, 1.807) is 6.26 Å². The minimum Gasteiger partial charge on any atom is -0.494 e. The highest BCUT2D eigenvalue weighted by molar-refractivity contribution is 5.94. The van der Waals surface area contributed by atoms with Gasteiger partial charge in [0.05, 0.1) is 32.5 Å². The van der Waals surface area contributed by atoms with E-state index in [0.717, 1.165) is 37.4 Å². The molecule has 2 aromatic rings. The third kappa shape index (κ3) is 4.88. The van der Waals surface area contributed by atoms with E-state index < -0.39 is 0 Å². The Labute approximate surface area is 155 Å². The zero-order valence-electron chi connectivity index (χ0n) is 15.5. The number of nitrogens with one attached hydrogen (secondary N) is 2. The van der Waals surface area contributed by atoms with Gasteiger partial charge in [0, 0.05) is 18.4 Å². The second kappa shape index (κ2) is 9.43. The molecule has 1 amide bonds. The van der Waals surface area contributed by atoms with Crippen LogP contribution in [0.4, 0.5) is 0 Å². The molecular weight excluding hydrogens is 328 g/mol. The molecule has 0 spiro atoms. The number of quaternary nitrogens is 1. The largest absolute Gasteiger partial charge is 0.494 e. The van der Waals surface area contributed by atoms with Crippen molar-refractivity contribution < 1.29 is 18.8 Å². The molecule has 1 aliphatic heterocycles. The molecule has 2 N–H and O–H groups in total. The second-order valence-corrected chi connectivity index (χ2v) is 6.87. The Bertz CT molecular complexity index is 661. The van der Waals surface area contributed by atoms with Gasteiger partial charge in [-0.1, -0.05) is 13.3 Å². The normalized spacial score (nSPS) is 15.7. The molecule has 140 valence electrons. The molecule has 1 atom stereocenters. The molecule has 0 saturated carbocycles. The molecule has 0 bridgehead atoms. The van der Waals surface area contributed by atoms with E-state index >= 15 is 0 Å². The predicted molar refractivity (Wildman–Crippen MR) is 101 cm³/mol. The lowest BCUT2D eigenvalue weighted by Crippen LogP contribution is -3.11. The summed E-state index contributed by atoms with van der Waals surface area (Å²) < 4.78 is 11.3. The zero-order valence-corrected chi connectivity index (χ0v) is 15.5. The fraction of sp³-hybridized carbons (Fsp3) is 0.476. The van der Waals surface area contributed by atoms with Crippen LogP contribution >= 0.6 is 0 Å². The van der Waals surface area contributed by atoms with Crippen molar-refractivity contribution in [2.24, 2.45) is 0 Å². The Hall–Kier alpha value is -2.27. The van der Waals surface area contributed by atoms with Crippen molar-refractivity contribution >= 4 is 5.91 Å². The number of amides is 1. The van der Waals surface area contributed by atoms with Gasteiger partial charge < -0.3 is 19.4 Å². The van der Waals surface area contributed by atoms with Gasteiger partial charge in [0.25, 0.3) is 5.91 Å². The highest BCUT2D eigenvalue weighted by atomic mass is 16.5. The standard InChI is InChI=1S/C21H28N2O3/c1-2-3-14-25-18-10-8-17(9-11-18)21(24)22-16-19(20-7-6-15-26-20)23-12-4-5-13-23/h6-11,15,19H,2-5,12-14,16H2,1H3,(H,22,24)/p+1/t19-/m1/s1. The summed E-state index contributed by atoms with van der Waals surface area (Å²) in [5.41, 5.74) is 0.655. The highest BCUT2D eigenvalue weighted by Crippen LogP contribution is 2.14. The number of hydrogen-bond donors (Lipinski definition) is 2. The molecule has 1 aromatic carbocycles. The van der Waals surface area contributed by atoms with Gasteiger partial charge in [0.2, 0.25) is 0 Å². The van der Waals surface area contributed by atoms with Crippen molar-refractivity contribution in [3.63, 3.8) is 0 Å². The molecule has 0 radical (unpaired) electrons. The van der Waals surface area contributed by atoms with E-state index in [2.05, 4.69) is 12.2 Å². The maximum absolute atomic E-state index is 12.5. The van der Waals surface area contributed by atoms with Crippen molar-refractivity contribution in [2.45, 2.75) is 38.6 Å². The van der Waals surface area contributed by atoms with Crippen LogP contribution in [-0.2, 0) is 0 Å². The predicted octanol–water partition coefficient (Wildman–Crippen LogP) is 2.61. The summed E-state index contributed by atoms with van der Waals surface area (Å²) in [6.07, 6.45) is 6.32. The van der Waals surface area contributed by atoms with Crippen LogP contribution < -0.4 is 15.0 Å². The molecule has 5 nitrogen and oxygen atoms in total. The maximum Gasteiger partial charge on any atom is 0.251 e. The van der Waals surface area contributed by atoms with E-state index in [9.17, 15) is 4.79 Å². The lowest BCUT2D eigenvalue weighted by Gasteiger charge is -2.23. The molecule has 0 unspecified atom stereocenters. The average molecular weight is 357 g/mol. The molecular formula is C21H29N2O3+. The topological polar surface area (TPSA) is 55.9 Å². The van der Waals surface area contributed by atoms with Crippen molar-refractivity contribution in [2.75, 3.05) is 26.2 Å². The number of ether oxygens (including phenoxy) is 1. The minimum absolute atomic E-state index is 0.0553. The van der Waals surface area contributed by atoms with Crippen molar-refractivity contribution in [3.05, 3.63) is 54.0 Å². The second-order valence-electron chi connectivity index (χ2n) is 6.87. The van der Waals surface area contributed by atoms with Crippen LogP contribution in [0.2, 0.25) is 0 Å². The lowest BCUT2D eigenvalue weighted by atomic mass is 10.1. The molecule has 1 aromatic heterocycles. The van der Waals surface area contributed by atoms with Gasteiger partial charge in [-0.2, -0.15) is 0 Å². The van der Waals surface area contributed by atoms with Crippen LogP contribution in [0.15, 0.2) is 47.1 Å². The monoisotopic (exact) mass is 357 g/mol. The first-order chi connectivity index (χ1) is 12.8. The first-order valence-corrected chi connectivity index (χ1v) is 9.67. The number of hydrogen-bond acceptors (Lipinski definition) is 3. The van der Waals surface area contributed by atoms with Gasteiger partial charge in [-0.15, -0.1) is 0 Å². The molecule has 3 rings (SSSR count). The van der Waals surface area contributed by atoms with Crippen LogP contribution in [-0.4, -0.2) is 32.1 Å². The molecule has 1 aliphatic rings. The number of rotatable bonds is 9. The Morgan fingerprint density at radius 2 is 2.00 bits per heavy atom. The average Bonchev–Trinajstić information content (AvgIpc) is 3.37. The molecule has 0 aliphatic carbocycles. The first kappa shape index (κ1) is 18.5. The first-order valence-electron chi connectivity index (χ1n) is 9.67. The van der Waals surface area contributed by atoms with Gasteiger partial charge in [0.15, 0.2) is 11.8 Å². The number of furan rings is 1. The van der Waals surface area contributed by atoms with Gasteiger partial charge in [-0.05, 0) is 42.8 Å². The van der Waals surface area contributed by atoms with E-state index in [1.807, 2.05) is 36.4 Å². The Balaban J connectivity index is 1.56. The van der Waals surface area contributed by atoms with Crippen molar-refractivity contribution in [1.82, 2.24) is 5.32 Å². The molecule has 1 fully saturated rings. The van der Waals surface area contributed by atoms with E-state index in [1.165, 1.54) is 17.7 Å². The number of benzene rings is 1. The summed E-state index contributed by atoms with van der Waals surface area (Å²) in [6, 6.07) is 11.5. The van der Waals surface area contributed by atoms with Crippen molar-refractivity contribution in [1.29, 1.82) is 0 Å². The SMILES string of the molecule is CCCCOc1ccc(C(=O)NC[C@H](c2ccco2)[NH+]2CCCC2)cc1. The van der Waals surface area contributed by atoms with Crippen molar-refractivity contribution in [3.8, 4) is 5.75 Å². The number of unbranched alkanes of at least 4 members (excludes halogenated alkanes) is 1. The third-order valence-electron chi connectivity index (χ3n) is 4.98. The number of carbonyl (C=O) groups is 1. The van der Waals surface area contributed by atoms with E-state index in [4.69, 9.17) is 9.15 Å². The van der Waals surface area contributed by atoms with Gasteiger partial charge in [0.1, 0.15) is 5.75 Å². The molecule has 5 heteroatoms. The van der Waals surface area contributed by atoms with E-state index in [0.29, 0.717) is 18.7 Å². The summed E-state index contributed by atoms with van der Waals surface area (Å²) >= 11 is 0. The number of carbonyl (C=O) groups excluding carboxylic acids is 1. The summed E-state index contributed by atoms with van der Waals surface area (Å²) in [5, 5.41) is 3.08. The van der Waals surface area contributed by atoms with Gasteiger partial charge in [-0.3, -0.25) is 4.79 Å². The minimum atomic E-state index is -0.0553. The summed E-state index contributed by atoms with van der Waals surface area (Å²) in [5.74, 6) is 1.70. The Morgan fingerprint density at radius 3 is 2.65 bits per heavy atom. The third-order valence-corrected chi connectivity index (χ3v) is 4.98. The van der Waals surface area contributed by atoms with Crippen LogP contribution in [0.5, 0.6) is 5.75 Å². The van der Waals surface area contributed by atoms with Gasteiger partial charge in [-0.25, -0.2) is 0 Å². The Morgan fingerprint density at radius 1 is 1.23 bits per heavy atom. The number of likely N-dealkylation sites (tertiary alicyclic amines) is 1. The molecule has 2 heterocycles. The fourth-order valence-corrected chi connectivity index (χ4v) is 3.45. The van der Waals surface area contributed by atoms with E-state index in [-0.39, 0.29) is 11.9 Å². The van der Waals surface area contributed by atoms with Crippen LogP contribution in [0.3, 0.4) is 0 Å². The van der Waals surface area contributed by atoms with Gasteiger partial charge >= 0.3 is 0 Å². The summed E-state index contributed by atoms with van der Waals surface area (Å²) in [6.45, 7) is 5.69. The van der Waals surface area contributed by atoms with Crippen LogP contribution in [0.25, 0.3) is 0 Å². The Kier molecular flexibility index (Phi) is 6.72. The lowest BCUT2D eigenvalue weighted by molar-refractivity contribution is -0.919. The smallest absolute Gasteiger partial charge is 0.251 e. The summed E-state index contributed by atoms with van der Waals surface area (Å²) in [4.78, 5) is 14.0. The quantitative estimate of drug-likeness (QED) is 0.678.